The van der Waals surface area contributed by atoms with Crippen LogP contribution in [0.15, 0.2) is 24.3 Å². The lowest BCUT2D eigenvalue weighted by molar-refractivity contribution is -0.149. The Morgan fingerprint density at radius 2 is 1.96 bits per heavy atom. The van der Waals surface area contributed by atoms with Crippen LogP contribution in [0.5, 0.6) is 0 Å². The highest BCUT2D eigenvalue weighted by Crippen LogP contribution is 2.29. The van der Waals surface area contributed by atoms with E-state index in [2.05, 4.69) is 13.0 Å². The topological polar surface area (TPSA) is 46.5 Å². The molecule has 1 N–H and O–H groups in total. The fourth-order valence-electron chi connectivity index (χ4n) is 3.24. The van der Waals surface area contributed by atoms with Gasteiger partial charge in [-0.1, -0.05) is 69.8 Å². The van der Waals surface area contributed by atoms with Gasteiger partial charge in [-0.2, -0.15) is 0 Å². The third-order valence-electron chi connectivity index (χ3n) is 4.55. The van der Waals surface area contributed by atoms with Gasteiger partial charge in [0, 0.05) is 13.3 Å². The second kappa shape index (κ2) is 12.3. The van der Waals surface area contributed by atoms with Gasteiger partial charge in [0.15, 0.2) is 0 Å². The molecule has 0 heterocycles. The van der Waals surface area contributed by atoms with E-state index in [0.29, 0.717) is 5.92 Å². The average molecular weight is 322 g/mol. The van der Waals surface area contributed by atoms with Crippen molar-refractivity contribution < 1.29 is 14.6 Å². The number of aliphatic hydroxyl groups excluding tert-OH is 1. The summed E-state index contributed by atoms with van der Waals surface area (Å²) in [5, 5.41) is 9.82. The van der Waals surface area contributed by atoms with Crippen LogP contribution in [0.2, 0.25) is 0 Å². The monoisotopic (exact) mass is 322 g/mol. The van der Waals surface area contributed by atoms with Gasteiger partial charge in [0.25, 0.3) is 0 Å². The predicted molar refractivity (Wildman–Crippen MR) is 95.2 cm³/mol. The van der Waals surface area contributed by atoms with Gasteiger partial charge in [0.2, 0.25) is 0 Å². The number of allylic oxidation sites excluding steroid dienone is 2. The summed E-state index contributed by atoms with van der Waals surface area (Å²) in [6.45, 7) is 3.66. The molecule has 0 aliphatic heterocycles. The van der Waals surface area contributed by atoms with Gasteiger partial charge in [-0.3, -0.25) is 4.79 Å². The first-order valence-electron chi connectivity index (χ1n) is 9.32. The second-order valence-electron chi connectivity index (χ2n) is 6.66. The summed E-state index contributed by atoms with van der Waals surface area (Å²) >= 11 is 0. The van der Waals surface area contributed by atoms with Gasteiger partial charge in [0.05, 0.1) is 6.10 Å². The first-order chi connectivity index (χ1) is 11.1. The highest BCUT2D eigenvalue weighted by molar-refractivity contribution is 5.66. The van der Waals surface area contributed by atoms with E-state index in [4.69, 9.17) is 4.74 Å². The van der Waals surface area contributed by atoms with Crippen LogP contribution < -0.4 is 0 Å². The van der Waals surface area contributed by atoms with E-state index >= 15 is 0 Å². The van der Waals surface area contributed by atoms with Gasteiger partial charge in [-0.25, -0.2) is 0 Å². The quantitative estimate of drug-likeness (QED) is 0.352. The summed E-state index contributed by atoms with van der Waals surface area (Å²) < 4.78 is 5.52. The van der Waals surface area contributed by atoms with Crippen molar-refractivity contribution in [1.82, 2.24) is 0 Å². The molecule has 0 spiro atoms. The minimum Gasteiger partial charge on any atom is -0.462 e. The van der Waals surface area contributed by atoms with Crippen molar-refractivity contribution in [3.8, 4) is 0 Å². The molecular weight excluding hydrogens is 288 g/mol. The smallest absolute Gasteiger partial charge is 0.302 e. The number of hydrogen-bond donors (Lipinski definition) is 1. The Morgan fingerprint density at radius 1 is 1.22 bits per heavy atom. The van der Waals surface area contributed by atoms with Crippen LogP contribution in [-0.2, 0) is 9.53 Å². The zero-order valence-electron chi connectivity index (χ0n) is 14.9. The van der Waals surface area contributed by atoms with Crippen LogP contribution in [0.25, 0.3) is 0 Å². The maximum Gasteiger partial charge on any atom is 0.302 e. The first-order valence-corrected chi connectivity index (χ1v) is 9.32. The Balaban J connectivity index is 2.36. The molecule has 0 aromatic rings. The van der Waals surface area contributed by atoms with Crippen LogP contribution >= 0.6 is 0 Å². The lowest BCUT2D eigenvalue weighted by Crippen LogP contribution is -2.27. The van der Waals surface area contributed by atoms with Crippen molar-refractivity contribution in [3.05, 3.63) is 24.3 Å². The molecule has 2 atom stereocenters. The standard InChI is InChI=1S/C20H34O3/c1-3-4-7-14-19(22)15-10-6-11-16-20(23-17(2)21)18-12-8-5-9-13-18/h6,10-11,15,18-20,22H,3-5,7-9,12-14,16H2,1-2H3/b11-6+,15-10+/t19-,20-/m1/s1. The maximum absolute atomic E-state index is 11.3. The van der Waals surface area contributed by atoms with Crippen LogP contribution in [0.3, 0.4) is 0 Å². The molecule has 0 aromatic carbocycles. The van der Waals surface area contributed by atoms with Crippen LogP contribution in [0.1, 0.15) is 78.1 Å². The van der Waals surface area contributed by atoms with Crippen molar-refractivity contribution in [1.29, 1.82) is 0 Å². The molecule has 0 bridgehead atoms. The molecule has 0 amide bonds. The van der Waals surface area contributed by atoms with E-state index in [0.717, 1.165) is 32.1 Å². The highest BCUT2D eigenvalue weighted by Gasteiger charge is 2.24. The molecule has 23 heavy (non-hydrogen) atoms. The molecule has 3 nitrogen and oxygen atoms in total. The summed E-state index contributed by atoms with van der Waals surface area (Å²) in [5.41, 5.74) is 0. The van der Waals surface area contributed by atoms with Gasteiger partial charge < -0.3 is 9.84 Å². The molecule has 0 unspecified atom stereocenters. The third-order valence-corrected chi connectivity index (χ3v) is 4.55. The lowest BCUT2D eigenvalue weighted by atomic mass is 9.84. The van der Waals surface area contributed by atoms with Crippen LogP contribution in [-0.4, -0.2) is 23.3 Å². The summed E-state index contributed by atoms with van der Waals surface area (Å²) in [6, 6.07) is 0. The number of ether oxygens (including phenoxy) is 1. The van der Waals surface area contributed by atoms with Crippen molar-refractivity contribution in [2.75, 3.05) is 0 Å². The zero-order valence-corrected chi connectivity index (χ0v) is 14.9. The maximum atomic E-state index is 11.3. The molecule has 0 radical (unpaired) electrons. The fourth-order valence-corrected chi connectivity index (χ4v) is 3.24. The van der Waals surface area contributed by atoms with Gasteiger partial charge in [-0.05, 0) is 25.2 Å². The van der Waals surface area contributed by atoms with Gasteiger partial charge >= 0.3 is 5.97 Å². The molecule has 1 aliphatic rings. The Morgan fingerprint density at radius 3 is 2.61 bits per heavy atom. The van der Waals surface area contributed by atoms with Crippen molar-refractivity contribution in [3.63, 3.8) is 0 Å². The van der Waals surface area contributed by atoms with Crippen molar-refractivity contribution >= 4 is 5.97 Å². The minimum atomic E-state index is -0.353. The molecule has 0 saturated heterocycles. The molecule has 1 aliphatic carbocycles. The number of carbonyl (C=O) groups is 1. The number of carbonyl (C=O) groups excluding carboxylic acids is 1. The number of aliphatic hydroxyl groups is 1. The van der Waals surface area contributed by atoms with Gasteiger partial charge in [0.1, 0.15) is 6.10 Å². The number of esters is 1. The van der Waals surface area contributed by atoms with E-state index in [1.807, 2.05) is 18.2 Å². The average Bonchev–Trinajstić information content (AvgIpc) is 2.54. The molecule has 0 aromatic heterocycles. The SMILES string of the molecule is CCCCC[C@@H](O)/C=C/C=C/C[C@@H](OC(C)=O)C1CCCCC1. The number of hydrogen-bond acceptors (Lipinski definition) is 3. The van der Waals surface area contributed by atoms with Gasteiger partial charge in [-0.15, -0.1) is 0 Å². The van der Waals surface area contributed by atoms with E-state index in [1.165, 1.54) is 39.0 Å². The van der Waals surface area contributed by atoms with Crippen LogP contribution in [0.4, 0.5) is 0 Å². The molecule has 1 rings (SSSR count). The van der Waals surface area contributed by atoms with E-state index in [9.17, 15) is 9.90 Å². The zero-order chi connectivity index (χ0) is 16.9. The minimum absolute atomic E-state index is 0.00641. The fraction of sp³-hybridized carbons (Fsp3) is 0.750. The third kappa shape index (κ3) is 9.60. The Hall–Kier alpha value is -1.09. The normalized spacial score (nSPS) is 19.3. The molecule has 1 saturated carbocycles. The number of unbranched alkanes of at least 4 members (excludes halogenated alkanes) is 2. The van der Waals surface area contributed by atoms with E-state index in [1.54, 1.807) is 0 Å². The lowest BCUT2D eigenvalue weighted by Gasteiger charge is -2.29. The number of rotatable bonds is 10. The molecular formula is C20H34O3. The molecule has 1 fully saturated rings. The van der Waals surface area contributed by atoms with E-state index < -0.39 is 0 Å². The largest absolute Gasteiger partial charge is 0.462 e. The van der Waals surface area contributed by atoms with E-state index in [-0.39, 0.29) is 18.2 Å². The summed E-state index contributed by atoms with van der Waals surface area (Å²) in [7, 11) is 0. The summed E-state index contributed by atoms with van der Waals surface area (Å²) in [4.78, 5) is 11.3. The first kappa shape index (κ1) is 20.0. The van der Waals surface area contributed by atoms with Crippen molar-refractivity contribution in [2.24, 2.45) is 5.92 Å². The van der Waals surface area contributed by atoms with Crippen molar-refractivity contribution in [2.45, 2.75) is 90.3 Å². The Bertz CT molecular complexity index is 367. The van der Waals surface area contributed by atoms with Crippen LogP contribution in [0, 0.1) is 5.92 Å². The Kier molecular flexibility index (Phi) is 10.7. The highest BCUT2D eigenvalue weighted by atomic mass is 16.5. The summed E-state index contributed by atoms with van der Waals surface area (Å²) in [5.74, 6) is 0.316. The molecule has 3 heteroatoms. The second-order valence-corrected chi connectivity index (χ2v) is 6.66. The molecule has 132 valence electrons. The Labute approximate surface area is 141 Å². The predicted octanol–water partition coefficient (Wildman–Crippen LogP) is 4.94. The summed E-state index contributed by atoms with van der Waals surface area (Å²) in [6.07, 6.45) is 18.6.